The molecule has 3 aromatic heterocycles. The molecular formula is C31H31FN8O7. The summed E-state index contributed by atoms with van der Waals surface area (Å²) in [6, 6.07) is 11.7. The number of fused-ring (bicyclic) bond motifs is 1. The van der Waals surface area contributed by atoms with Crippen molar-refractivity contribution in [3.63, 3.8) is 0 Å². The Labute approximate surface area is 266 Å². The molecule has 0 aliphatic carbocycles. The molecule has 2 amide bonds. The van der Waals surface area contributed by atoms with Crippen LogP contribution in [0.15, 0.2) is 65.4 Å². The van der Waals surface area contributed by atoms with Gasteiger partial charge < -0.3 is 35.3 Å². The van der Waals surface area contributed by atoms with Gasteiger partial charge in [0.15, 0.2) is 23.3 Å². The highest BCUT2D eigenvalue weighted by Crippen LogP contribution is 2.31. The molecule has 16 heteroatoms. The zero-order chi connectivity index (χ0) is 33.3. The largest absolute Gasteiger partial charge is 0.507 e. The number of phenolic OH excluding ortho intramolecular Hbond substituents is 1. The van der Waals surface area contributed by atoms with Crippen LogP contribution < -0.4 is 20.7 Å². The van der Waals surface area contributed by atoms with E-state index >= 15 is 4.39 Å². The molecule has 2 atom stereocenters. The lowest BCUT2D eigenvalue weighted by Crippen LogP contribution is -2.63. The first-order valence-electron chi connectivity index (χ1n) is 14.6. The molecule has 5 N–H and O–H groups in total. The van der Waals surface area contributed by atoms with Gasteiger partial charge in [0.05, 0.1) is 43.2 Å². The summed E-state index contributed by atoms with van der Waals surface area (Å²) in [5.74, 6) is -1.95. The molecule has 2 aromatic carbocycles. The van der Waals surface area contributed by atoms with E-state index in [9.17, 15) is 19.8 Å². The molecule has 1 aliphatic heterocycles. The number of carbonyl (C=O) groups is 2. The number of anilines is 2. The van der Waals surface area contributed by atoms with Crippen molar-refractivity contribution < 1.29 is 38.2 Å². The number of para-hydroxylation sites is 1. The Morgan fingerprint density at radius 3 is 2.85 bits per heavy atom. The van der Waals surface area contributed by atoms with Crippen LogP contribution in [0.2, 0.25) is 0 Å². The van der Waals surface area contributed by atoms with E-state index in [4.69, 9.17) is 19.7 Å². The van der Waals surface area contributed by atoms with E-state index in [1.807, 2.05) is 13.8 Å². The van der Waals surface area contributed by atoms with Gasteiger partial charge in [0.25, 0.3) is 11.8 Å². The summed E-state index contributed by atoms with van der Waals surface area (Å²) < 4.78 is 33.1. The molecule has 5 aromatic rings. The first-order valence-corrected chi connectivity index (χ1v) is 14.6. The van der Waals surface area contributed by atoms with E-state index in [-0.39, 0.29) is 65.2 Å². The maximum atomic E-state index is 15.0. The topological polar surface area (TPSA) is 204 Å². The number of amides is 2. The number of halogens is 1. The lowest BCUT2D eigenvalue weighted by atomic mass is 9.86. The fourth-order valence-corrected chi connectivity index (χ4v) is 5.36. The van der Waals surface area contributed by atoms with Crippen LogP contribution in [0.5, 0.6) is 11.6 Å². The molecule has 47 heavy (non-hydrogen) atoms. The average molecular weight is 647 g/mol. The number of nitrogens with one attached hydrogen (secondary N) is 1. The van der Waals surface area contributed by atoms with Crippen molar-refractivity contribution in [1.82, 2.24) is 30.5 Å². The van der Waals surface area contributed by atoms with E-state index in [0.29, 0.717) is 11.6 Å². The molecule has 0 saturated carbocycles. The highest BCUT2D eigenvalue weighted by Gasteiger charge is 2.47. The standard InChI is InChI=1S/C31H31FN8O7/c1-17(2)46-25-13-19(15-35-36-25)40-8-7-24(37-40)39-9-10-45-27(30(39)43)31(44,16-34-29(42)20-5-3-4-6-22(20)41)14-18-11-21(32)26-23(12-18)47-38-28(26)33/h3-8,11-13,15,17,27,41,44H,9-10,14,16H2,1-2H3,(H2,33,38)(H,34,42)/t27-,31?/m0/s1. The summed E-state index contributed by atoms with van der Waals surface area (Å²) in [6.07, 6.45) is 1.10. The molecule has 1 aliphatic rings. The number of hydrogen-bond donors (Lipinski definition) is 4. The number of aromatic nitrogens is 5. The summed E-state index contributed by atoms with van der Waals surface area (Å²) in [5, 5.41) is 40.9. The zero-order valence-electron chi connectivity index (χ0n) is 25.3. The zero-order valence-corrected chi connectivity index (χ0v) is 25.3. The minimum absolute atomic E-state index is 0.00815. The van der Waals surface area contributed by atoms with Crippen LogP contribution in [0.4, 0.5) is 16.0 Å². The van der Waals surface area contributed by atoms with Crippen molar-refractivity contribution in [3.05, 3.63) is 77.9 Å². The number of rotatable bonds is 10. The molecule has 1 fully saturated rings. The van der Waals surface area contributed by atoms with Gasteiger partial charge >= 0.3 is 0 Å². The number of carbonyl (C=O) groups excluding carboxylic acids is 2. The van der Waals surface area contributed by atoms with Gasteiger partial charge in [0, 0.05) is 24.8 Å². The first kappa shape index (κ1) is 31.4. The van der Waals surface area contributed by atoms with Crippen LogP contribution in [0.3, 0.4) is 0 Å². The van der Waals surface area contributed by atoms with E-state index < -0.39 is 35.9 Å². The second-order valence-corrected chi connectivity index (χ2v) is 11.3. The Bertz CT molecular complexity index is 1950. The van der Waals surface area contributed by atoms with Crippen LogP contribution in [0.25, 0.3) is 16.7 Å². The van der Waals surface area contributed by atoms with Gasteiger partial charge in [-0.2, -0.15) is 5.10 Å². The van der Waals surface area contributed by atoms with Crippen molar-refractivity contribution >= 4 is 34.4 Å². The molecule has 1 unspecified atom stereocenters. The Morgan fingerprint density at radius 2 is 2.06 bits per heavy atom. The summed E-state index contributed by atoms with van der Waals surface area (Å²) >= 11 is 0. The van der Waals surface area contributed by atoms with Crippen LogP contribution in [-0.2, 0) is 16.0 Å². The molecule has 4 heterocycles. The molecule has 244 valence electrons. The van der Waals surface area contributed by atoms with Crippen molar-refractivity contribution in [1.29, 1.82) is 0 Å². The number of nitrogens with zero attached hydrogens (tertiary/aromatic N) is 6. The van der Waals surface area contributed by atoms with Gasteiger partial charge in [-0.3, -0.25) is 14.5 Å². The quantitative estimate of drug-likeness (QED) is 0.172. The van der Waals surface area contributed by atoms with E-state index in [1.165, 1.54) is 34.0 Å². The van der Waals surface area contributed by atoms with E-state index in [0.717, 1.165) is 6.07 Å². The monoisotopic (exact) mass is 646 g/mol. The molecule has 0 bridgehead atoms. The highest BCUT2D eigenvalue weighted by molar-refractivity contribution is 5.98. The van der Waals surface area contributed by atoms with Crippen molar-refractivity contribution in [2.24, 2.45) is 0 Å². The fraction of sp³-hybridized carbons (Fsp3) is 0.290. The normalized spacial score (nSPS) is 16.4. The van der Waals surface area contributed by atoms with Gasteiger partial charge in [0.2, 0.25) is 5.88 Å². The number of morpholine rings is 1. The third kappa shape index (κ3) is 6.41. The second-order valence-electron chi connectivity index (χ2n) is 11.3. The Morgan fingerprint density at radius 1 is 1.26 bits per heavy atom. The molecule has 0 spiro atoms. The second kappa shape index (κ2) is 12.6. The highest BCUT2D eigenvalue weighted by atomic mass is 19.1. The predicted molar refractivity (Wildman–Crippen MR) is 164 cm³/mol. The van der Waals surface area contributed by atoms with E-state index in [2.05, 4.69) is 25.8 Å². The first-order chi connectivity index (χ1) is 22.5. The number of hydrogen-bond acceptors (Lipinski definition) is 12. The van der Waals surface area contributed by atoms with Crippen molar-refractivity contribution in [2.45, 2.75) is 38.1 Å². The molecule has 6 rings (SSSR count). The third-order valence-electron chi connectivity index (χ3n) is 7.49. The van der Waals surface area contributed by atoms with Crippen LogP contribution >= 0.6 is 0 Å². The fourth-order valence-electron chi connectivity index (χ4n) is 5.36. The van der Waals surface area contributed by atoms with Crippen LogP contribution in [0, 0.1) is 5.82 Å². The maximum absolute atomic E-state index is 15.0. The lowest BCUT2D eigenvalue weighted by Gasteiger charge is -2.40. The van der Waals surface area contributed by atoms with Gasteiger partial charge in [-0.25, -0.2) is 9.07 Å². The number of aliphatic hydroxyl groups is 1. The number of ether oxygens (including phenoxy) is 2. The number of nitrogen functional groups attached to an aromatic ring is 1. The third-order valence-corrected chi connectivity index (χ3v) is 7.49. The molecule has 0 radical (unpaired) electrons. The Kier molecular flexibility index (Phi) is 8.44. The van der Waals surface area contributed by atoms with Gasteiger partial charge in [-0.05, 0) is 43.7 Å². The SMILES string of the molecule is CC(C)Oc1cc(-n2ccc(N3CCO[C@H](C(O)(CNC(=O)c4ccccc4O)Cc4cc(F)c5c(N)noc5c4)C3=O)n2)cnn1. The average Bonchev–Trinajstić information content (AvgIpc) is 3.67. The van der Waals surface area contributed by atoms with Gasteiger partial charge in [-0.15, -0.1) is 10.2 Å². The Balaban J connectivity index is 1.29. The molecular weight excluding hydrogens is 615 g/mol. The lowest BCUT2D eigenvalue weighted by molar-refractivity contribution is -0.157. The number of aromatic hydroxyl groups is 1. The number of nitrogens with two attached hydrogens (primary N) is 1. The molecule has 15 nitrogen and oxygen atoms in total. The van der Waals surface area contributed by atoms with Crippen molar-refractivity contribution in [2.75, 3.05) is 30.3 Å². The minimum Gasteiger partial charge on any atom is -0.507 e. The van der Waals surface area contributed by atoms with Crippen LogP contribution in [0.1, 0.15) is 29.8 Å². The predicted octanol–water partition coefficient (Wildman–Crippen LogP) is 2.15. The van der Waals surface area contributed by atoms with Gasteiger partial charge in [0.1, 0.15) is 22.6 Å². The van der Waals surface area contributed by atoms with Crippen LogP contribution in [-0.4, -0.2) is 84.7 Å². The maximum Gasteiger partial charge on any atom is 0.260 e. The smallest absolute Gasteiger partial charge is 0.260 e. The summed E-state index contributed by atoms with van der Waals surface area (Å²) in [6.45, 7) is 3.32. The minimum atomic E-state index is -2.12. The number of benzene rings is 2. The van der Waals surface area contributed by atoms with E-state index in [1.54, 1.807) is 30.5 Å². The number of phenols is 1. The summed E-state index contributed by atoms with van der Waals surface area (Å²) in [7, 11) is 0. The summed E-state index contributed by atoms with van der Waals surface area (Å²) in [5.41, 5.74) is 4.34. The molecule has 1 saturated heterocycles. The summed E-state index contributed by atoms with van der Waals surface area (Å²) in [4.78, 5) is 28.4. The van der Waals surface area contributed by atoms with Crippen molar-refractivity contribution in [3.8, 4) is 17.3 Å². The van der Waals surface area contributed by atoms with Gasteiger partial charge in [-0.1, -0.05) is 17.3 Å². The Hall–Kier alpha value is -5.61.